The molecule has 2 unspecified atom stereocenters. The van der Waals surface area contributed by atoms with Gasteiger partial charge in [-0.15, -0.1) is 0 Å². The summed E-state index contributed by atoms with van der Waals surface area (Å²) in [5.74, 6) is 0.990. The Morgan fingerprint density at radius 3 is 2.41 bits per heavy atom. The van der Waals surface area contributed by atoms with E-state index in [9.17, 15) is 9.59 Å². The monoisotopic (exact) mass is 394 g/mol. The molecule has 1 saturated carbocycles. The average Bonchev–Trinajstić information content (AvgIpc) is 3.09. The van der Waals surface area contributed by atoms with E-state index < -0.39 is 0 Å². The van der Waals surface area contributed by atoms with Crippen LogP contribution in [0.3, 0.4) is 0 Å². The Labute approximate surface area is 172 Å². The van der Waals surface area contributed by atoms with E-state index in [0.717, 1.165) is 31.5 Å². The van der Waals surface area contributed by atoms with Crippen LogP contribution in [-0.2, 0) is 10.2 Å². The minimum Gasteiger partial charge on any atom is -0.338 e. The zero-order valence-corrected chi connectivity index (χ0v) is 17.5. The number of amides is 2. The first-order valence-electron chi connectivity index (χ1n) is 10.6. The Morgan fingerprint density at radius 2 is 1.83 bits per heavy atom. The normalized spacial score (nSPS) is 28.2. The van der Waals surface area contributed by atoms with Gasteiger partial charge >= 0.3 is 0 Å². The number of benzene rings is 1. The average molecular weight is 395 g/mol. The van der Waals surface area contributed by atoms with E-state index in [1.807, 2.05) is 29.2 Å². The van der Waals surface area contributed by atoms with Crippen molar-refractivity contribution in [3.63, 3.8) is 0 Å². The van der Waals surface area contributed by atoms with Crippen molar-refractivity contribution in [2.24, 2.45) is 11.8 Å². The van der Waals surface area contributed by atoms with E-state index in [4.69, 9.17) is 5.26 Å². The molecule has 2 heterocycles. The van der Waals surface area contributed by atoms with Gasteiger partial charge in [0.05, 0.1) is 12.6 Å². The number of rotatable bonds is 4. The molecule has 3 fully saturated rings. The van der Waals surface area contributed by atoms with Crippen LogP contribution in [0.2, 0.25) is 0 Å². The third kappa shape index (κ3) is 3.89. The van der Waals surface area contributed by atoms with Crippen LogP contribution in [0.25, 0.3) is 0 Å². The van der Waals surface area contributed by atoms with Crippen LogP contribution in [0, 0.1) is 23.2 Å². The predicted molar refractivity (Wildman–Crippen MR) is 110 cm³/mol. The van der Waals surface area contributed by atoms with E-state index in [1.165, 1.54) is 5.56 Å². The molecule has 0 bridgehead atoms. The molecule has 2 amide bonds. The SMILES string of the molecule is CC(C)(C)c1ccc(C(=O)N2CC3C(C2)C3NCC(=O)N2CCC[C@H]2C#N)cc1. The number of likely N-dealkylation sites (tertiary alicyclic amines) is 2. The van der Waals surface area contributed by atoms with Gasteiger partial charge in [0.2, 0.25) is 5.91 Å². The van der Waals surface area contributed by atoms with Crippen molar-refractivity contribution in [2.45, 2.75) is 51.1 Å². The molecule has 0 spiro atoms. The van der Waals surface area contributed by atoms with Crippen molar-refractivity contribution < 1.29 is 9.59 Å². The molecule has 2 saturated heterocycles. The number of piperidine rings is 1. The lowest BCUT2D eigenvalue weighted by atomic mass is 9.86. The molecule has 1 aromatic carbocycles. The summed E-state index contributed by atoms with van der Waals surface area (Å²) in [6.07, 6.45) is 1.69. The fourth-order valence-electron chi connectivity index (χ4n) is 4.80. The van der Waals surface area contributed by atoms with Gasteiger partial charge in [0.15, 0.2) is 0 Å². The maximum absolute atomic E-state index is 12.8. The summed E-state index contributed by atoms with van der Waals surface area (Å²) >= 11 is 0. The van der Waals surface area contributed by atoms with E-state index in [0.29, 0.717) is 24.4 Å². The minimum atomic E-state index is -0.263. The summed E-state index contributed by atoms with van der Waals surface area (Å²) in [6, 6.07) is 10.2. The van der Waals surface area contributed by atoms with Crippen molar-refractivity contribution in [1.82, 2.24) is 15.1 Å². The topological polar surface area (TPSA) is 76.4 Å². The molecule has 6 nitrogen and oxygen atoms in total. The number of nitrogens with one attached hydrogen (secondary N) is 1. The lowest BCUT2D eigenvalue weighted by Crippen LogP contribution is -2.43. The highest BCUT2D eigenvalue weighted by molar-refractivity contribution is 5.94. The fraction of sp³-hybridized carbons (Fsp3) is 0.609. The van der Waals surface area contributed by atoms with Crippen LogP contribution in [0.4, 0.5) is 0 Å². The first kappa shape index (κ1) is 19.9. The van der Waals surface area contributed by atoms with Crippen LogP contribution in [0.5, 0.6) is 0 Å². The van der Waals surface area contributed by atoms with Crippen LogP contribution in [0.15, 0.2) is 24.3 Å². The Balaban J connectivity index is 1.25. The van der Waals surface area contributed by atoms with Crippen molar-refractivity contribution in [2.75, 3.05) is 26.2 Å². The van der Waals surface area contributed by atoms with E-state index in [2.05, 4.69) is 32.2 Å². The third-order valence-corrected chi connectivity index (χ3v) is 6.69. The van der Waals surface area contributed by atoms with E-state index >= 15 is 0 Å². The van der Waals surface area contributed by atoms with Gasteiger partial charge in [-0.05, 0) is 47.8 Å². The largest absolute Gasteiger partial charge is 0.338 e. The lowest BCUT2D eigenvalue weighted by molar-refractivity contribution is -0.130. The Hall–Kier alpha value is -2.39. The smallest absolute Gasteiger partial charge is 0.253 e. The molecule has 0 aromatic heterocycles. The van der Waals surface area contributed by atoms with Gasteiger partial charge in [-0.25, -0.2) is 0 Å². The molecule has 1 N–H and O–H groups in total. The lowest BCUT2D eigenvalue weighted by Gasteiger charge is -2.23. The molecule has 3 aliphatic rings. The van der Waals surface area contributed by atoms with Gasteiger partial charge in [0.1, 0.15) is 6.04 Å². The molecule has 1 aromatic rings. The maximum atomic E-state index is 12.8. The van der Waals surface area contributed by atoms with Crippen molar-refractivity contribution in [3.05, 3.63) is 35.4 Å². The molecular weight excluding hydrogens is 364 g/mol. The Bertz CT molecular complexity index is 824. The Kier molecular flexibility index (Phi) is 5.12. The van der Waals surface area contributed by atoms with Crippen molar-refractivity contribution in [1.29, 1.82) is 5.26 Å². The second-order valence-electron chi connectivity index (χ2n) is 9.65. The van der Waals surface area contributed by atoms with E-state index in [1.54, 1.807) is 4.90 Å². The number of hydrogen-bond donors (Lipinski definition) is 1. The quantitative estimate of drug-likeness (QED) is 0.849. The van der Waals surface area contributed by atoms with Crippen molar-refractivity contribution in [3.8, 4) is 6.07 Å². The van der Waals surface area contributed by atoms with Gasteiger partial charge in [-0.2, -0.15) is 5.26 Å². The zero-order valence-electron chi connectivity index (χ0n) is 17.5. The molecule has 2 aliphatic heterocycles. The maximum Gasteiger partial charge on any atom is 0.253 e. The summed E-state index contributed by atoms with van der Waals surface area (Å²) in [6.45, 7) is 8.98. The number of fused-ring (bicyclic) bond motifs is 1. The molecule has 6 heteroatoms. The number of carbonyl (C=O) groups excluding carboxylic acids is 2. The number of hydrogen-bond acceptors (Lipinski definition) is 4. The van der Waals surface area contributed by atoms with Crippen LogP contribution in [-0.4, -0.2) is 59.9 Å². The highest BCUT2D eigenvalue weighted by atomic mass is 16.2. The summed E-state index contributed by atoms with van der Waals surface area (Å²) in [7, 11) is 0. The van der Waals surface area contributed by atoms with Gasteiger partial charge in [0.25, 0.3) is 5.91 Å². The zero-order chi connectivity index (χ0) is 20.8. The van der Waals surface area contributed by atoms with E-state index in [-0.39, 0.29) is 29.8 Å². The highest BCUT2D eigenvalue weighted by Gasteiger charge is 2.56. The fourth-order valence-corrected chi connectivity index (χ4v) is 4.80. The van der Waals surface area contributed by atoms with Gasteiger partial charge in [-0.3, -0.25) is 9.59 Å². The molecule has 3 atom stereocenters. The second-order valence-corrected chi connectivity index (χ2v) is 9.65. The summed E-state index contributed by atoms with van der Waals surface area (Å²) < 4.78 is 0. The summed E-state index contributed by atoms with van der Waals surface area (Å²) in [4.78, 5) is 28.8. The minimum absolute atomic E-state index is 0.0193. The molecular formula is C23H30N4O2. The molecule has 4 rings (SSSR count). The number of nitrogens with zero attached hydrogens (tertiary/aromatic N) is 3. The Morgan fingerprint density at radius 1 is 1.17 bits per heavy atom. The molecule has 154 valence electrons. The van der Waals surface area contributed by atoms with Gasteiger partial charge in [0, 0.05) is 31.2 Å². The van der Waals surface area contributed by atoms with Crippen molar-refractivity contribution >= 4 is 11.8 Å². The second kappa shape index (κ2) is 7.46. The van der Waals surface area contributed by atoms with Gasteiger partial charge < -0.3 is 15.1 Å². The standard InChI is InChI=1S/C23H30N4O2/c1-23(2,3)16-8-6-15(7-9-16)22(29)26-13-18-19(14-26)21(18)25-12-20(28)27-10-4-5-17(27)11-24/h6-9,17-19,21,25H,4-5,10,12-14H2,1-3H3/t17-,18?,19?,21?/m0/s1. The van der Waals surface area contributed by atoms with Crippen LogP contribution >= 0.6 is 0 Å². The third-order valence-electron chi connectivity index (χ3n) is 6.69. The summed E-state index contributed by atoms with van der Waals surface area (Å²) in [5, 5.41) is 12.5. The number of nitriles is 1. The first-order valence-corrected chi connectivity index (χ1v) is 10.6. The van der Waals surface area contributed by atoms with Crippen LogP contribution < -0.4 is 5.32 Å². The highest BCUT2D eigenvalue weighted by Crippen LogP contribution is 2.45. The molecule has 1 aliphatic carbocycles. The predicted octanol–water partition coefficient (Wildman–Crippen LogP) is 2.16. The van der Waals surface area contributed by atoms with Crippen LogP contribution in [0.1, 0.15) is 49.5 Å². The molecule has 29 heavy (non-hydrogen) atoms. The molecule has 0 radical (unpaired) electrons. The first-order chi connectivity index (χ1) is 13.8. The summed E-state index contributed by atoms with van der Waals surface area (Å²) in [5.41, 5.74) is 2.05. The van der Waals surface area contributed by atoms with Gasteiger partial charge in [-0.1, -0.05) is 32.9 Å². The number of carbonyl (C=O) groups is 2.